The van der Waals surface area contributed by atoms with Crippen LogP contribution < -0.4 is 0 Å². The van der Waals surface area contributed by atoms with Gasteiger partial charge in [-0.05, 0) is 52.5 Å². The maximum Gasteiger partial charge on any atom is 0.303 e. The molecule has 2 N–H and O–H groups in total. The second-order valence-electron chi connectivity index (χ2n) is 8.29. The van der Waals surface area contributed by atoms with E-state index in [9.17, 15) is 14.7 Å². The summed E-state index contributed by atoms with van der Waals surface area (Å²) in [5.74, 6) is -0.639. The molecule has 0 amide bonds. The highest BCUT2D eigenvalue weighted by molar-refractivity contribution is 6.02. The van der Waals surface area contributed by atoms with Crippen molar-refractivity contribution in [3.05, 3.63) is 46.6 Å². The van der Waals surface area contributed by atoms with E-state index < -0.39 is 23.8 Å². The summed E-state index contributed by atoms with van der Waals surface area (Å²) in [5.41, 5.74) is 2.91. The first-order valence-corrected chi connectivity index (χ1v) is 10.5. The molecule has 1 heterocycles. The molecule has 2 aliphatic rings. The summed E-state index contributed by atoms with van der Waals surface area (Å²) in [5, 5.41) is 18.5. The molecular weight excluding hydrogens is 384 g/mol. The Bertz CT molecular complexity index is 773. The molecule has 1 aliphatic heterocycles. The van der Waals surface area contributed by atoms with E-state index in [2.05, 4.69) is 19.1 Å². The number of epoxide rings is 1. The van der Waals surface area contributed by atoms with Crippen LogP contribution in [0, 0.1) is 0 Å². The molecule has 1 saturated heterocycles. The minimum Gasteiger partial charge on any atom is -0.455 e. The molecule has 0 aromatic heterocycles. The van der Waals surface area contributed by atoms with Crippen LogP contribution in [0.1, 0.15) is 59.8 Å². The zero-order chi connectivity index (χ0) is 22.3. The molecular formula is C24H34O6. The summed E-state index contributed by atoms with van der Waals surface area (Å²) < 4.78 is 11.0. The molecule has 3 atom stereocenters. The first-order valence-electron chi connectivity index (χ1n) is 10.5. The summed E-state index contributed by atoms with van der Waals surface area (Å²) in [6.07, 6.45) is 10.6. The summed E-state index contributed by atoms with van der Waals surface area (Å²) in [6.45, 7) is 7.15. The average molecular weight is 419 g/mol. The second-order valence-corrected chi connectivity index (χ2v) is 8.29. The molecule has 1 aliphatic carbocycles. The maximum absolute atomic E-state index is 12.5. The van der Waals surface area contributed by atoms with Crippen molar-refractivity contribution in [1.82, 2.24) is 0 Å². The molecule has 0 aromatic rings. The smallest absolute Gasteiger partial charge is 0.303 e. The minimum absolute atomic E-state index is 0.111. The van der Waals surface area contributed by atoms with Gasteiger partial charge in [0, 0.05) is 18.9 Å². The van der Waals surface area contributed by atoms with E-state index in [0.717, 1.165) is 31.3 Å². The van der Waals surface area contributed by atoms with E-state index in [1.807, 2.05) is 19.9 Å². The van der Waals surface area contributed by atoms with Gasteiger partial charge in [0.05, 0.1) is 13.2 Å². The van der Waals surface area contributed by atoms with Crippen molar-refractivity contribution in [3.8, 4) is 0 Å². The Morgan fingerprint density at radius 3 is 2.23 bits per heavy atom. The van der Waals surface area contributed by atoms with Crippen molar-refractivity contribution in [2.75, 3.05) is 13.2 Å². The van der Waals surface area contributed by atoms with E-state index in [1.165, 1.54) is 24.1 Å². The van der Waals surface area contributed by atoms with Crippen molar-refractivity contribution in [3.63, 3.8) is 0 Å². The predicted octanol–water partition coefficient (Wildman–Crippen LogP) is 3.34. The lowest BCUT2D eigenvalue weighted by atomic mass is 9.83. The molecule has 0 radical (unpaired) electrons. The quantitative estimate of drug-likeness (QED) is 0.303. The molecule has 0 aromatic carbocycles. The number of aliphatic hydroxyl groups is 2. The van der Waals surface area contributed by atoms with Gasteiger partial charge in [-0.2, -0.15) is 0 Å². The molecule has 166 valence electrons. The Balaban J connectivity index is 1.88. The number of rotatable bonds is 11. The normalized spacial score (nSPS) is 26.9. The van der Waals surface area contributed by atoms with Gasteiger partial charge in [-0.25, -0.2) is 0 Å². The van der Waals surface area contributed by atoms with Crippen LogP contribution in [0.3, 0.4) is 0 Å². The molecule has 0 bridgehead atoms. The van der Waals surface area contributed by atoms with E-state index in [1.54, 1.807) is 0 Å². The molecule has 3 unspecified atom stereocenters. The Hall–Kier alpha value is -2.02. The van der Waals surface area contributed by atoms with Gasteiger partial charge in [-0.1, -0.05) is 34.9 Å². The van der Waals surface area contributed by atoms with Gasteiger partial charge < -0.3 is 19.7 Å². The number of fused-ring (bicyclic) bond motifs is 1. The van der Waals surface area contributed by atoms with Gasteiger partial charge in [0.1, 0.15) is 6.10 Å². The topological polar surface area (TPSA) is 96.4 Å². The molecule has 0 saturated carbocycles. The number of esters is 1. The molecule has 6 heteroatoms. The Morgan fingerprint density at radius 2 is 1.67 bits per heavy atom. The van der Waals surface area contributed by atoms with Crippen molar-refractivity contribution in [2.24, 2.45) is 0 Å². The Morgan fingerprint density at radius 1 is 1.07 bits per heavy atom. The highest BCUT2D eigenvalue weighted by atomic mass is 16.7. The Kier molecular flexibility index (Phi) is 8.77. The van der Waals surface area contributed by atoms with E-state index in [-0.39, 0.29) is 19.0 Å². The summed E-state index contributed by atoms with van der Waals surface area (Å²) >= 11 is 0. The van der Waals surface area contributed by atoms with Gasteiger partial charge in [0.25, 0.3) is 0 Å². The van der Waals surface area contributed by atoms with Gasteiger partial charge in [0.2, 0.25) is 0 Å². The van der Waals surface area contributed by atoms with Crippen molar-refractivity contribution >= 4 is 11.8 Å². The highest BCUT2D eigenvalue weighted by Crippen LogP contribution is 2.49. The third kappa shape index (κ3) is 6.24. The SMILES string of the molecule is CC(=O)OC1C(CO)=CC(=O)C2(CC=C(C)CCC=C(C)CCC=C(C)CO)OC12. The fourth-order valence-electron chi connectivity index (χ4n) is 3.67. The maximum atomic E-state index is 12.5. The average Bonchev–Trinajstić information content (AvgIpc) is 3.44. The first kappa shape index (κ1) is 24.3. The number of carbonyl (C=O) groups is 2. The minimum atomic E-state index is -0.970. The predicted molar refractivity (Wildman–Crippen MR) is 115 cm³/mol. The number of allylic oxidation sites excluding steroid dienone is 4. The van der Waals surface area contributed by atoms with Crippen LogP contribution in [-0.4, -0.2) is 53.0 Å². The van der Waals surface area contributed by atoms with Crippen LogP contribution in [0.5, 0.6) is 0 Å². The highest BCUT2D eigenvalue weighted by Gasteiger charge is 2.67. The number of ether oxygens (including phenoxy) is 2. The van der Waals surface area contributed by atoms with Crippen molar-refractivity contribution in [1.29, 1.82) is 0 Å². The lowest BCUT2D eigenvalue weighted by Gasteiger charge is -2.23. The lowest BCUT2D eigenvalue weighted by Crippen LogP contribution is -2.40. The summed E-state index contributed by atoms with van der Waals surface area (Å²) in [7, 11) is 0. The third-order valence-electron chi connectivity index (χ3n) is 5.66. The fourth-order valence-corrected chi connectivity index (χ4v) is 3.67. The molecule has 1 fully saturated rings. The zero-order valence-corrected chi connectivity index (χ0v) is 18.4. The lowest BCUT2D eigenvalue weighted by molar-refractivity contribution is -0.146. The number of carbonyl (C=O) groups excluding carboxylic acids is 2. The fraction of sp³-hybridized carbons (Fsp3) is 0.583. The molecule has 0 spiro atoms. The third-order valence-corrected chi connectivity index (χ3v) is 5.66. The van der Waals surface area contributed by atoms with Crippen molar-refractivity contribution in [2.45, 2.75) is 77.6 Å². The van der Waals surface area contributed by atoms with Gasteiger partial charge in [-0.3, -0.25) is 9.59 Å². The first-order chi connectivity index (χ1) is 14.2. The number of ketones is 1. The number of aliphatic hydroxyl groups excluding tert-OH is 2. The van der Waals surface area contributed by atoms with Gasteiger partial charge in [-0.15, -0.1) is 0 Å². The van der Waals surface area contributed by atoms with Crippen LogP contribution in [0.4, 0.5) is 0 Å². The summed E-state index contributed by atoms with van der Waals surface area (Å²) in [4.78, 5) is 23.9. The van der Waals surface area contributed by atoms with Crippen LogP contribution in [-0.2, 0) is 19.1 Å². The van der Waals surface area contributed by atoms with Crippen LogP contribution in [0.25, 0.3) is 0 Å². The number of hydrogen-bond acceptors (Lipinski definition) is 6. The second kappa shape index (κ2) is 10.8. The van der Waals surface area contributed by atoms with Gasteiger partial charge in [0.15, 0.2) is 17.5 Å². The van der Waals surface area contributed by atoms with Gasteiger partial charge >= 0.3 is 5.97 Å². The monoisotopic (exact) mass is 418 g/mol. The van der Waals surface area contributed by atoms with Crippen LogP contribution >= 0.6 is 0 Å². The van der Waals surface area contributed by atoms with Crippen LogP contribution in [0.2, 0.25) is 0 Å². The molecule has 30 heavy (non-hydrogen) atoms. The van der Waals surface area contributed by atoms with E-state index >= 15 is 0 Å². The van der Waals surface area contributed by atoms with Crippen LogP contribution in [0.15, 0.2) is 46.6 Å². The van der Waals surface area contributed by atoms with Crippen molar-refractivity contribution < 1.29 is 29.3 Å². The van der Waals surface area contributed by atoms with E-state index in [4.69, 9.17) is 14.6 Å². The zero-order valence-electron chi connectivity index (χ0n) is 18.4. The number of hydrogen-bond donors (Lipinski definition) is 2. The molecule has 2 rings (SSSR count). The Labute approximate surface area is 179 Å². The van der Waals surface area contributed by atoms with E-state index in [0.29, 0.717) is 12.0 Å². The summed E-state index contributed by atoms with van der Waals surface area (Å²) in [6, 6.07) is 0. The largest absolute Gasteiger partial charge is 0.455 e. The standard InChI is InChI=1S/C24H34O6/c1-16(8-6-10-18(3)14-25)7-5-9-17(2)11-12-24-21(28)13-20(15-26)22(23(24)30-24)29-19(4)27/h7,10-11,13,22-23,25-26H,5-6,8-9,12,14-15H2,1-4H3. The molecule has 6 nitrogen and oxygen atoms in total.